The van der Waals surface area contributed by atoms with E-state index in [1.54, 1.807) is 24.3 Å². The van der Waals surface area contributed by atoms with Crippen LogP contribution in [0.5, 0.6) is 5.75 Å². The minimum atomic E-state index is -3.79. The van der Waals surface area contributed by atoms with Crippen LogP contribution in [0.4, 0.5) is 0 Å². The molecule has 0 aliphatic rings. The van der Waals surface area contributed by atoms with Gasteiger partial charge in [0.1, 0.15) is 5.75 Å². The Bertz CT molecular complexity index is 482. The fraction of sp³-hybridized carbons (Fsp3) is 0.111. The van der Waals surface area contributed by atoms with Gasteiger partial charge in [0.2, 0.25) is 0 Å². The molecule has 0 aromatic heterocycles. The molecule has 3 nitrogen and oxygen atoms in total. The predicted molar refractivity (Wildman–Crippen MR) is 54.6 cm³/mol. The molecule has 0 bridgehead atoms. The molecule has 5 heteroatoms. The quantitative estimate of drug-likeness (QED) is 0.543. The number of rotatable bonds is 1. The van der Waals surface area contributed by atoms with E-state index in [9.17, 15) is 8.42 Å². The number of halogens is 1. The van der Waals surface area contributed by atoms with Gasteiger partial charge in [0.05, 0.1) is 12.7 Å². The van der Waals surface area contributed by atoms with Crippen LogP contribution in [0.15, 0.2) is 24.3 Å². The number of methoxy groups -OCH3 is 1. The van der Waals surface area contributed by atoms with Crippen LogP contribution in [0.25, 0.3) is 0 Å². The van der Waals surface area contributed by atoms with E-state index in [4.69, 9.17) is 15.4 Å². The van der Waals surface area contributed by atoms with Crippen molar-refractivity contribution in [1.29, 1.82) is 0 Å². The van der Waals surface area contributed by atoms with Gasteiger partial charge in [-0.2, -0.15) is 8.42 Å². The molecule has 0 spiro atoms. The lowest BCUT2D eigenvalue weighted by Gasteiger charge is -2.00. The van der Waals surface area contributed by atoms with Crippen molar-refractivity contribution in [3.63, 3.8) is 0 Å². The highest BCUT2D eigenvalue weighted by molar-refractivity contribution is 8.17. The summed E-state index contributed by atoms with van der Waals surface area (Å²) in [7, 11) is 2.63. The highest BCUT2D eigenvalue weighted by Crippen LogP contribution is 2.15. The summed E-state index contributed by atoms with van der Waals surface area (Å²) in [5, 5.41) is 1.92. The maximum atomic E-state index is 10.6. The van der Waals surface area contributed by atoms with Gasteiger partial charge < -0.3 is 4.74 Å². The van der Waals surface area contributed by atoms with Crippen molar-refractivity contribution in [3.05, 3.63) is 29.8 Å². The first-order valence-electron chi connectivity index (χ1n) is 3.63. The number of hydrogen-bond donors (Lipinski definition) is 0. The van der Waals surface area contributed by atoms with E-state index in [1.165, 1.54) is 7.11 Å². The monoisotopic (exact) mass is 230 g/mol. The molecule has 0 aliphatic heterocycles. The third kappa shape index (κ3) is 3.29. The van der Waals surface area contributed by atoms with Gasteiger partial charge in [0.15, 0.2) is 0 Å². The molecular formula is C9H7ClO3S. The van der Waals surface area contributed by atoms with Crippen LogP contribution in [-0.4, -0.2) is 15.5 Å². The first-order valence-corrected chi connectivity index (χ1v) is 5.94. The Balaban J connectivity index is 3.13. The fourth-order valence-electron chi connectivity index (χ4n) is 0.864. The molecule has 1 aromatic carbocycles. The van der Waals surface area contributed by atoms with Crippen LogP contribution in [0, 0.1) is 11.2 Å². The molecule has 14 heavy (non-hydrogen) atoms. The van der Waals surface area contributed by atoms with E-state index in [-0.39, 0.29) is 0 Å². The van der Waals surface area contributed by atoms with Crippen molar-refractivity contribution in [2.45, 2.75) is 0 Å². The summed E-state index contributed by atoms with van der Waals surface area (Å²) in [5.41, 5.74) is 0.485. The lowest BCUT2D eigenvalue weighted by molar-refractivity contribution is 0.413. The first kappa shape index (κ1) is 10.9. The topological polar surface area (TPSA) is 43.4 Å². The Hall–Kier alpha value is -1.18. The molecule has 1 aromatic rings. The van der Waals surface area contributed by atoms with E-state index in [0.29, 0.717) is 11.3 Å². The molecule has 0 radical (unpaired) electrons. The summed E-state index contributed by atoms with van der Waals surface area (Å²) in [6, 6.07) is 6.82. The van der Waals surface area contributed by atoms with Crippen molar-refractivity contribution >= 4 is 19.7 Å². The lowest BCUT2D eigenvalue weighted by Crippen LogP contribution is -1.87. The largest absolute Gasteiger partial charge is 0.495 e. The molecular weight excluding hydrogens is 224 g/mol. The lowest BCUT2D eigenvalue weighted by atomic mass is 10.2. The van der Waals surface area contributed by atoms with Crippen LogP contribution in [0.2, 0.25) is 0 Å². The third-order valence-corrected chi connectivity index (χ3v) is 1.99. The molecule has 0 atom stereocenters. The maximum absolute atomic E-state index is 10.6. The van der Waals surface area contributed by atoms with Gasteiger partial charge in [-0.15, -0.1) is 0 Å². The van der Waals surface area contributed by atoms with Crippen LogP contribution >= 0.6 is 10.7 Å². The van der Waals surface area contributed by atoms with Crippen molar-refractivity contribution in [2.24, 2.45) is 0 Å². The fourth-order valence-corrected chi connectivity index (χ4v) is 1.21. The molecule has 0 aliphatic carbocycles. The molecule has 0 saturated heterocycles. The summed E-state index contributed by atoms with van der Waals surface area (Å²) in [4.78, 5) is 0. The van der Waals surface area contributed by atoms with Crippen molar-refractivity contribution < 1.29 is 13.2 Å². The molecule has 74 valence electrons. The van der Waals surface area contributed by atoms with Gasteiger partial charge in [0, 0.05) is 15.9 Å². The average Bonchev–Trinajstić information content (AvgIpc) is 2.14. The maximum Gasteiger partial charge on any atom is 0.301 e. The van der Waals surface area contributed by atoms with Crippen molar-refractivity contribution in [2.75, 3.05) is 7.11 Å². The Morgan fingerprint density at radius 3 is 2.57 bits per heavy atom. The smallest absolute Gasteiger partial charge is 0.301 e. The zero-order valence-electron chi connectivity index (χ0n) is 7.32. The van der Waals surface area contributed by atoms with Crippen molar-refractivity contribution in [3.8, 4) is 16.9 Å². The number of benzene rings is 1. The summed E-state index contributed by atoms with van der Waals surface area (Å²) >= 11 is 0. The molecule has 0 N–H and O–H groups in total. The minimum absolute atomic E-state index is 0.485. The molecule has 0 saturated carbocycles. The second-order valence-electron chi connectivity index (χ2n) is 2.37. The SMILES string of the molecule is COc1ccccc1C#CS(=O)(=O)Cl. The van der Waals surface area contributed by atoms with Gasteiger partial charge in [0.25, 0.3) is 0 Å². The van der Waals surface area contributed by atoms with E-state index >= 15 is 0 Å². The van der Waals surface area contributed by atoms with Gasteiger partial charge in [-0.05, 0) is 18.1 Å². The molecule has 0 heterocycles. The van der Waals surface area contributed by atoms with Gasteiger partial charge in [-0.1, -0.05) is 12.1 Å². The summed E-state index contributed by atoms with van der Waals surface area (Å²) in [5.74, 6) is 2.92. The third-order valence-electron chi connectivity index (χ3n) is 1.41. The van der Waals surface area contributed by atoms with E-state index in [0.717, 1.165) is 0 Å². The average molecular weight is 231 g/mol. The van der Waals surface area contributed by atoms with E-state index in [2.05, 4.69) is 5.92 Å². The molecule has 1 rings (SSSR count). The Morgan fingerprint density at radius 2 is 2.00 bits per heavy atom. The van der Waals surface area contributed by atoms with Crippen LogP contribution in [-0.2, 0) is 9.05 Å². The van der Waals surface area contributed by atoms with Crippen molar-refractivity contribution in [1.82, 2.24) is 0 Å². The zero-order valence-corrected chi connectivity index (χ0v) is 8.89. The Kier molecular flexibility index (Phi) is 3.39. The molecule has 0 fully saturated rings. The van der Waals surface area contributed by atoms with Gasteiger partial charge >= 0.3 is 9.05 Å². The van der Waals surface area contributed by atoms with E-state index < -0.39 is 9.05 Å². The highest BCUT2D eigenvalue weighted by atomic mass is 35.7. The summed E-state index contributed by atoms with van der Waals surface area (Å²) in [6.45, 7) is 0. The Labute approximate surface area is 87.1 Å². The Morgan fingerprint density at radius 1 is 1.36 bits per heavy atom. The number of para-hydroxylation sites is 1. The van der Waals surface area contributed by atoms with E-state index in [1.807, 2.05) is 5.25 Å². The van der Waals surface area contributed by atoms with Crippen LogP contribution in [0.1, 0.15) is 5.56 Å². The molecule has 0 amide bonds. The zero-order chi connectivity index (χ0) is 10.6. The highest BCUT2D eigenvalue weighted by Gasteiger charge is 1.99. The van der Waals surface area contributed by atoms with Crippen LogP contribution < -0.4 is 4.74 Å². The van der Waals surface area contributed by atoms with Crippen LogP contribution in [0.3, 0.4) is 0 Å². The molecule has 0 unspecified atom stereocenters. The first-order chi connectivity index (χ1) is 6.53. The standard InChI is InChI=1S/C9H7ClO3S/c1-13-9-5-3-2-4-8(9)6-7-14(10,11)12/h2-5H,1H3. The second-order valence-corrected chi connectivity index (χ2v) is 4.66. The normalized spacial score (nSPS) is 10.1. The summed E-state index contributed by atoms with van der Waals surface area (Å²) < 4.78 is 26.1. The minimum Gasteiger partial charge on any atom is -0.495 e. The number of ether oxygens (including phenoxy) is 1. The number of hydrogen-bond acceptors (Lipinski definition) is 3. The van der Waals surface area contributed by atoms with Gasteiger partial charge in [-0.3, -0.25) is 0 Å². The second kappa shape index (κ2) is 4.36. The summed E-state index contributed by atoms with van der Waals surface area (Å²) in [6.07, 6.45) is 0. The van der Waals surface area contributed by atoms with Gasteiger partial charge in [-0.25, -0.2) is 0 Å². The predicted octanol–water partition coefficient (Wildman–Crippen LogP) is 1.57.